The van der Waals surface area contributed by atoms with Gasteiger partial charge in [-0.1, -0.05) is 90.2 Å². The Morgan fingerprint density at radius 2 is 1.44 bits per heavy atom. The van der Waals surface area contributed by atoms with Crippen LogP contribution in [0.1, 0.15) is 64.7 Å². The number of carboxylic acids is 1. The number of alkyl halides is 2. The topological polar surface area (TPSA) is 37.3 Å². The quantitative estimate of drug-likeness (QED) is 0.436. The summed E-state index contributed by atoms with van der Waals surface area (Å²) in [5.41, 5.74) is 0. The zero-order chi connectivity index (χ0) is 12.4. The van der Waals surface area contributed by atoms with E-state index in [4.69, 9.17) is 5.11 Å². The normalized spacial score (nSPS) is 11.7. The van der Waals surface area contributed by atoms with Crippen molar-refractivity contribution in [1.82, 2.24) is 0 Å². The highest BCUT2D eigenvalue weighted by Gasteiger charge is 2.30. The molecule has 0 aliphatic rings. The first-order valence-corrected chi connectivity index (χ1v) is 7.70. The molecule has 16 heavy (non-hydrogen) atoms. The summed E-state index contributed by atoms with van der Waals surface area (Å²) in [5, 5.41) is 8.85. The van der Waals surface area contributed by atoms with E-state index in [-0.39, 0.29) is 0 Å². The van der Waals surface area contributed by atoms with Gasteiger partial charge in [0.1, 0.15) is 0 Å². The number of carboxylic acid groups (broad SMARTS) is 1. The van der Waals surface area contributed by atoms with Crippen LogP contribution in [0.3, 0.4) is 0 Å². The summed E-state index contributed by atoms with van der Waals surface area (Å²) < 4.78 is -0.914. The molecule has 0 aliphatic carbocycles. The van der Waals surface area contributed by atoms with E-state index < -0.39 is 9.20 Å². The molecule has 0 aromatic carbocycles. The average molecular weight is 358 g/mol. The standard InChI is InChI=1S/C12H22Br2O2/c1-2-3-4-5-6-7-8-9-10-12(13,14)11(15)16/h2-10H2,1H3,(H,15,16). The SMILES string of the molecule is CCCCCCCCCCC(Br)(Br)C(=O)O. The molecular weight excluding hydrogens is 336 g/mol. The molecule has 0 rings (SSSR count). The number of aliphatic carboxylic acids is 1. The summed E-state index contributed by atoms with van der Waals surface area (Å²) in [7, 11) is 0. The van der Waals surface area contributed by atoms with Crippen molar-refractivity contribution >= 4 is 37.8 Å². The minimum absolute atomic E-state index is 0.636. The van der Waals surface area contributed by atoms with Gasteiger partial charge in [-0.25, -0.2) is 4.79 Å². The van der Waals surface area contributed by atoms with Crippen LogP contribution in [0.25, 0.3) is 0 Å². The predicted molar refractivity (Wildman–Crippen MR) is 75.4 cm³/mol. The Labute approximate surface area is 115 Å². The maximum atomic E-state index is 10.8. The summed E-state index contributed by atoms with van der Waals surface area (Å²) in [6, 6.07) is 0. The smallest absolute Gasteiger partial charge is 0.331 e. The zero-order valence-electron chi connectivity index (χ0n) is 9.98. The van der Waals surface area contributed by atoms with Crippen LogP contribution in [0.5, 0.6) is 0 Å². The van der Waals surface area contributed by atoms with Gasteiger partial charge in [0.2, 0.25) is 0 Å². The summed E-state index contributed by atoms with van der Waals surface area (Å²) in [4.78, 5) is 10.8. The second-order valence-electron chi connectivity index (χ2n) is 4.23. The third kappa shape index (κ3) is 8.57. The summed E-state index contributed by atoms with van der Waals surface area (Å²) in [6.07, 6.45) is 10.5. The van der Waals surface area contributed by atoms with Crippen molar-refractivity contribution in [2.75, 3.05) is 0 Å². The van der Waals surface area contributed by atoms with E-state index in [1.165, 1.54) is 38.5 Å². The average Bonchev–Trinajstić information content (AvgIpc) is 2.21. The molecule has 1 N–H and O–H groups in total. The van der Waals surface area contributed by atoms with Crippen LogP contribution in [0.4, 0.5) is 0 Å². The molecule has 0 saturated carbocycles. The van der Waals surface area contributed by atoms with Crippen molar-refractivity contribution in [3.63, 3.8) is 0 Å². The van der Waals surface area contributed by atoms with Crippen molar-refractivity contribution in [1.29, 1.82) is 0 Å². The van der Waals surface area contributed by atoms with Crippen molar-refractivity contribution < 1.29 is 9.90 Å². The van der Waals surface area contributed by atoms with Crippen LogP contribution in [0, 0.1) is 0 Å². The molecule has 0 heterocycles. The van der Waals surface area contributed by atoms with E-state index in [0.29, 0.717) is 6.42 Å². The van der Waals surface area contributed by atoms with Gasteiger partial charge in [0, 0.05) is 0 Å². The molecule has 0 amide bonds. The Hall–Kier alpha value is 0.430. The lowest BCUT2D eigenvalue weighted by atomic mass is 10.1. The lowest BCUT2D eigenvalue weighted by Gasteiger charge is -2.14. The third-order valence-electron chi connectivity index (χ3n) is 2.66. The molecule has 0 radical (unpaired) electrons. The molecule has 0 spiro atoms. The molecule has 0 fully saturated rings. The molecule has 0 aromatic rings. The lowest BCUT2D eigenvalue weighted by molar-refractivity contribution is -0.137. The maximum absolute atomic E-state index is 10.8. The fourth-order valence-electron chi connectivity index (χ4n) is 1.59. The second kappa shape index (κ2) is 9.46. The highest BCUT2D eigenvalue weighted by molar-refractivity contribution is 9.25. The molecular formula is C12H22Br2O2. The van der Waals surface area contributed by atoms with Crippen LogP contribution in [0.15, 0.2) is 0 Å². The van der Waals surface area contributed by atoms with Gasteiger partial charge in [-0.2, -0.15) is 0 Å². The monoisotopic (exact) mass is 356 g/mol. The first-order valence-electron chi connectivity index (χ1n) is 6.12. The molecule has 0 bridgehead atoms. The van der Waals surface area contributed by atoms with Crippen molar-refractivity contribution in [3.8, 4) is 0 Å². The molecule has 96 valence electrons. The molecule has 0 aromatic heterocycles. The summed E-state index contributed by atoms with van der Waals surface area (Å²) >= 11 is 6.33. The first kappa shape index (κ1) is 16.4. The Balaban J connectivity index is 3.30. The minimum atomic E-state index is -0.914. The Morgan fingerprint density at radius 3 is 1.88 bits per heavy atom. The number of hydrogen-bond acceptors (Lipinski definition) is 1. The fraction of sp³-hybridized carbons (Fsp3) is 0.917. The van der Waals surface area contributed by atoms with Crippen LogP contribution >= 0.6 is 31.9 Å². The Morgan fingerprint density at radius 1 is 1.00 bits per heavy atom. The third-order valence-corrected chi connectivity index (χ3v) is 4.13. The van der Waals surface area contributed by atoms with Crippen molar-refractivity contribution in [2.45, 2.75) is 67.9 Å². The first-order chi connectivity index (χ1) is 7.50. The number of hydrogen-bond donors (Lipinski definition) is 1. The molecule has 2 nitrogen and oxygen atoms in total. The van der Waals surface area contributed by atoms with E-state index in [1.54, 1.807) is 0 Å². The second-order valence-corrected chi connectivity index (χ2v) is 8.01. The van der Waals surface area contributed by atoms with E-state index in [0.717, 1.165) is 12.8 Å². The Bertz CT molecular complexity index is 193. The highest BCUT2D eigenvalue weighted by Crippen LogP contribution is 2.32. The highest BCUT2D eigenvalue weighted by atomic mass is 79.9. The Kier molecular flexibility index (Phi) is 9.71. The van der Waals surface area contributed by atoms with Crippen LogP contribution in [-0.2, 0) is 4.79 Å². The van der Waals surface area contributed by atoms with E-state index in [9.17, 15) is 4.79 Å². The van der Waals surface area contributed by atoms with Crippen LogP contribution < -0.4 is 0 Å². The van der Waals surface area contributed by atoms with Gasteiger partial charge in [0.15, 0.2) is 3.23 Å². The van der Waals surface area contributed by atoms with E-state index in [1.807, 2.05) is 0 Å². The lowest BCUT2D eigenvalue weighted by Crippen LogP contribution is -2.23. The maximum Gasteiger partial charge on any atom is 0.331 e. The predicted octanol–water partition coefficient (Wildman–Crippen LogP) is 5.09. The van der Waals surface area contributed by atoms with Crippen molar-refractivity contribution in [2.24, 2.45) is 0 Å². The van der Waals surface area contributed by atoms with Crippen LogP contribution in [0.2, 0.25) is 0 Å². The minimum Gasteiger partial charge on any atom is -0.480 e. The van der Waals surface area contributed by atoms with Gasteiger partial charge >= 0.3 is 5.97 Å². The summed E-state index contributed by atoms with van der Waals surface area (Å²) in [5.74, 6) is -0.838. The number of halogens is 2. The molecule has 0 atom stereocenters. The number of unbranched alkanes of at least 4 members (excludes halogenated alkanes) is 7. The van der Waals surface area contributed by atoms with Gasteiger partial charge < -0.3 is 5.11 Å². The fourth-order valence-corrected chi connectivity index (χ4v) is 2.15. The van der Waals surface area contributed by atoms with Gasteiger partial charge in [-0.05, 0) is 6.42 Å². The largest absolute Gasteiger partial charge is 0.480 e. The zero-order valence-corrected chi connectivity index (χ0v) is 13.1. The molecule has 0 aliphatic heterocycles. The number of rotatable bonds is 10. The van der Waals surface area contributed by atoms with Crippen LogP contribution in [-0.4, -0.2) is 14.3 Å². The molecule has 0 saturated heterocycles. The summed E-state index contributed by atoms with van der Waals surface area (Å²) in [6.45, 7) is 2.22. The van der Waals surface area contributed by atoms with E-state index >= 15 is 0 Å². The van der Waals surface area contributed by atoms with Crippen molar-refractivity contribution in [3.05, 3.63) is 0 Å². The van der Waals surface area contributed by atoms with Gasteiger partial charge in [0.25, 0.3) is 0 Å². The molecule has 0 unspecified atom stereocenters. The number of carbonyl (C=O) groups is 1. The van der Waals surface area contributed by atoms with Gasteiger partial charge in [0.05, 0.1) is 0 Å². The van der Waals surface area contributed by atoms with E-state index in [2.05, 4.69) is 38.8 Å². The van der Waals surface area contributed by atoms with Gasteiger partial charge in [-0.3, -0.25) is 0 Å². The van der Waals surface area contributed by atoms with Gasteiger partial charge in [-0.15, -0.1) is 0 Å². The molecule has 4 heteroatoms.